The van der Waals surface area contributed by atoms with Crippen LogP contribution in [0.2, 0.25) is 0 Å². The van der Waals surface area contributed by atoms with Crippen LogP contribution in [0.3, 0.4) is 0 Å². The average Bonchev–Trinajstić information content (AvgIpc) is 3.02. The Balaban J connectivity index is 1.84. The maximum atomic E-state index is 9.09. The molecule has 1 N–H and O–H groups in total. The first-order chi connectivity index (χ1) is 9.86. The van der Waals surface area contributed by atoms with Crippen LogP contribution in [0.15, 0.2) is 36.5 Å². The van der Waals surface area contributed by atoms with Crippen molar-refractivity contribution in [2.24, 2.45) is 0 Å². The predicted octanol–water partition coefficient (Wildman–Crippen LogP) is 2.69. The molecule has 1 aliphatic rings. The summed E-state index contributed by atoms with van der Waals surface area (Å²) in [4.78, 5) is 11.0. The summed E-state index contributed by atoms with van der Waals surface area (Å²) in [6.45, 7) is 2.02. The molecule has 0 radical (unpaired) electrons. The van der Waals surface area contributed by atoms with Gasteiger partial charge < -0.3 is 10.2 Å². The molecule has 0 aliphatic carbocycles. The SMILES string of the molecule is N#Cc1ccccc1Nc1ccnc(N2CCCC2)n1. The summed E-state index contributed by atoms with van der Waals surface area (Å²) in [5.74, 6) is 1.46. The Kier molecular flexibility index (Phi) is 3.46. The summed E-state index contributed by atoms with van der Waals surface area (Å²) < 4.78 is 0. The van der Waals surface area contributed by atoms with Crippen molar-refractivity contribution in [3.05, 3.63) is 42.1 Å². The number of nitrogens with one attached hydrogen (secondary N) is 1. The van der Waals surface area contributed by atoms with Crippen LogP contribution < -0.4 is 10.2 Å². The molecule has 2 aromatic rings. The van der Waals surface area contributed by atoms with E-state index in [4.69, 9.17) is 5.26 Å². The molecule has 100 valence electrons. The van der Waals surface area contributed by atoms with Gasteiger partial charge in [0.2, 0.25) is 5.95 Å². The highest BCUT2D eigenvalue weighted by Gasteiger charge is 2.15. The summed E-state index contributed by atoms with van der Waals surface area (Å²) in [7, 11) is 0. The number of hydrogen-bond donors (Lipinski definition) is 1. The Morgan fingerprint density at radius 2 is 1.95 bits per heavy atom. The van der Waals surface area contributed by atoms with Crippen molar-refractivity contribution in [3.8, 4) is 6.07 Å². The maximum Gasteiger partial charge on any atom is 0.227 e. The van der Waals surface area contributed by atoms with E-state index in [0.717, 1.165) is 24.7 Å². The summed E-state index contributed by atoms with van der Waals surface area (Å²) in [6.07, 6.45) is 4.13. The number of benzene rings is 1. The van der Waals surface area contributed by atoms with Crippen molar-refractivity contribution in [2.45, 2.75) is 12.8 Å². The summed E-state index contributed by atoms with van der Waals surface area (Å²) >= 11 is 0. The van der Waals surface area contributed by atoms with E-state index in [1.807, 2.05) is 24.3 Å². The Labute approximate surface area is 117 Å². The molecule has 3 rings (SSSR count). The number of rotatable bonds is 3. The fourth-order valence-electron chi connectivity index (χ4n) is 2.32. The van der Waals surface area contributed by atoms with Crippen molar-refractivity contribution in [3.63, 3.8) is 0 Å². The zero-order chi connectivity index (χ0) is 13.8. The number of nitriles is 1. The van der Waals surface area contributed by atoms with Crippen LogP contribution >= 0.6 is 0 Å². The minimum Gasteiger partial charge on any atom is -0.341 e. The highest BCUT2D eigenvalue weighted by molar-refractivity contribution is 5.64. The smallest absolute Gasteiger partial charge is 0.227 e. The van der Waals surface area contributed by atoms with Crippen LogP contribution in [0, 0.1) is 11.3 Å². The monoisotopic (exact) mass is 265 g/mol. The molecular weight excluding hydrogens is 250 g/mol. The van der Waals surface area contributed by atoms with Crippen molar-refractivity contribution in [1.82, 2.24) is 9.97 Å². The fraction of sp³-hybridized carbons (Fsp3) is 0.267. The highest BCUT2D eigenvalue weighted by Crippen LogP contribution is 2.21. The number of nitrogens with zero attached hydrogens (tertiary/aromatic N) is 4. The van der Waals surface area contributed by atoms with E-state index in [1.54, 1.807) is 12.3 Å². The molecule has 5 nitrogen and oxygen atoms in total. The van der Waals surface area contributed by atoms with Gasteiger partial charge in [0.25, 0.3) is 0 Å². The van der Waals surface area contributed by atoms with Crippen LogP contribution in [-0.4, -0.2) is 23.1 Å². The van der Waals surface area contributed by atoms with Crippen molar-refractivity contribution in [1.29, 1.82) is 5.26 Å². The Morgan fingerprint density at radius 3 is 2.75 bits per heavy atom. The van der Waals surface area contributed by atoms with Gasteiger partial charge in [-0.05, 0) is 31.0 Å². The molecule has 0 unspecified atom stereocenters. The second-order valence-electron chi connectivity index (χ2n) is 4.72. The lowest BCUT2D eigenvalue weighted by molar-refractivity contribution is 0.900. The largest absolute Gasteiger partial charge is 0.341 e. The molecule has 1 fully saturated rings. The molecule has 1 aromatic carbocycles. The molecule has 0 saturated carbocycles. The number of aromatic nitrogens is 2. The summed E-state index contributed by atoms with van der Waals surface area (Å²) in [5.41, 5.74) is 1.37. The molecule has 20 heavy (non-hydrogen) atoms. The normalized spacial score (nSPS) is 14.1. The summed E-state index contributed by atoms with van der Waals surface area (Å²) in [6, 6.07) is 11.4. The van der Waals surface area contributed by atoms with Crippen LogP contribution in [0.25, 0.3) is 0 Å². The zero-order valence-corrected chi connectivity index (χ0v) is 11.1. The van der Waals surface area contributed by atoms with E-state index in [1.165, 1.54) is 12.8 Å². The van der Waals surface area contributed by atoms with E-state index in [0.29, 0.717) is 11.4 Å². The number of hydrogen-bond acceptors (Lipinski definition) is 5. The number of para-hydroxylation sites is 1. The van der Waals surface area contributed by atoms with Gasteiger partial charge in [0.05, 0.1) is 11.3 Å². The van der Waals surface area contributed by atoms with Crippen molar-refractivity contribution >= 4 is 17.5 Å². The quantitative estimate of drug-likeness (QED) is 0.924. The molecule has 0 atom stereocenters. The van der Waals surface area contributed by atoms with Gasteiger partial charge in [0.1, 0.15) is 11.9 Å². The van der Waals surface area contributed by atoms with Gasteiger partial charge in [0, 0.05) is 19.3 Å². The molecule has 2 heterocycles. The van der Waals surface area contributed by atoms with Gasteiger partial charge in [-0.2, -0.15) is 10.2 Å². The third-order valence-electron chi connectivity index (χ3n) is 3.34. The van der Waals surface area contributed by atoms with Gasteiger partial charge in [-0.1, -0.05) is 12.1 Å². The average molecular weight is 265 g/mol. The van der Waals surface area contributed by atoms with E-state index in [-0.39, 0.29) is 0 Å². The molecule has 5 heteroatoms. The van der Waals surface area contributed by atoms with Crippen molar-refractivity contribution in [2.75, 3.05) is 23.3 Å². The first-order valence-electron chi connectivity index (χ1n) is 6.71. The third kappa shape index (κ3) is 2.54. The minimum absolute atomic E-state index is 0.605. The molecular formula is C15H15N5. The lowest BCUT2D eigenvalue weighted by Crippen LogP contribution is -2.20. The Hall–Kier alpha value is -2.61. The Bertz CT molecular complexity index is 641. The molecule has 1 aliphatic heterocycles. The van der Waals surface area contributed by atoms with E-state index < -0.39 is 0 Å². The highest BCUT2D eigenvalue weighted by atomic mass is 15.3. The van der Waals surface area contributed by atoms with Gasteiger partial charge >= 0.3 is 0 Å². The van der Waals surface area contributed by atoms with Crippen molar-refractivity contribution < 1.29 is 0 Å². The van der Waals surface area contributed by atoms with Gasteiger partial charge in [-0.15, -0.1) is 0 Å². The summed E-state index contributed by atoms with van der Waals surface area (Å²) in [5, 5.41) is 12.3. The molecule has 1 saturated heterocycles. The van der Waals surface area contributed by atoms with Gasteiger partial charge in [0.15, 0.2) is 0 Å². The third-order valence-corrected chi connectivity index (χ3v) is 3.34. The molecule has 0 bridgehead atoms. The van der Waals surface area contributed by atoms with E-state index in [2.05, 4.69) is 26.3 Å². The minimum atomic E-state index is 0.605. The predicted molar refractivity (Wildman–Crippen MR) is 77.9 cm³/mol. The standard InChI is InChI=1S/C15H15N5/c16-11-12-5-1-2-6-13(12)18-14-7-8-17-15(19-14)20-9-3-4-10-20/h1-2,5-8H,3-4,9-10H2,(H,17,18,19). The molecule has 0 spiro atoms. The molecule has 1 aromatic heterocycles. The lowest BCUT2D eigenvalue weighted by atomic mass is 10.2. The first-order valence-corrected chi connectivity index (χ1v) is 6.71. The Morgan fingerprint density at radius 1 is 1.15 bits per heavy atom. The fourth-order valence-corrected chi connectivity index (χ4v) is 2.32. The van der Waals surface area contributed by atoms with Gasteiger partial charge in [-0.3, -0.25) is 0 Å². The van der Waals surface area contributed by atoms with E-state index in [9.17, 15) is 0 Å². The topological polar surface area (TPSA) is 64.8 Å². The van der Waals surface area contributed by atoms with Crippen LogP contribution in [0.4, 0.5) is 17.5 Å². The second kappa shape index (κ2) is 5.57. The van der Waals surface area contributed by atoms with Gasteiger partial charge in [-0.25, -0.2) is 4.98 Å². The second-order valence-corrected chi connectivity index (χ2v) is 4.72. The first kappa shape index (κ1) is 12.4. The van der Waals surface area contributed by atoms with Crippen LogP contribution in [0.5, 0.6) is 0 Å². The molecule has 0 amide bonds. The number of anilines is 3. The van der Waals surface area contributed by atoms with Crippen LogP contribution in [0.1, 0.15) is 18.4 Å². The van der Waals surface area contributed by atoms with E-state index >= 15 is 0 Å². The maximum absolute atomic E-state index is 9.09. The zero-order valence-electron chi connectivity index (χ0n) is 11.1. The lowest BCUT2D eigenvalue weighted by Gasteiger charge is -2.16. The van der Waals surface area contributed by atoms with Crippen LogP contribution in [-0.2, 0) is 0 Å².